The number of anilines is 1. The topological polar surface area (TPSA) is 47.0 Å². The van der Waals surface area contributed by atoms with Crippen molar-refractivity contribution in [3.8, 4) is 5.88 Å². The Balaban J connectivity index is 1.91. The van der Waals surface area contributed by atoms with Crippen LogP contribution < -0.4 is 10.1 Å². The van der Waals surface area contributed by atoms with Gasteiger partial charge in [-0.05, 0) is 35.9 Å². The van der Waals surface area contributed by atoms with Gasteiger partial charge >= 0.3 is 0 Å². The van der Waals surface area contributed by atoms with Crippen LogP contribution >= 0.6 is 11.6 Å². The molecule has 0 aliphatic heterocycles. The van der Waals surface area contributed by atoms with Gasteiger partial charge in [-0.2, -0.15) is 0 Å². The van der Waals surface area contributed by atoms with Gasteiger partial charge in [0.05, 0.1) is 18.3 Å². The maximum atomic E-state index is 6.20. The Hall–Kier alpha value is -2.33. The standard InChI is InChI=1S/C16H14ClN3O/c1-21-16-14(5-3-9-19-16)20-10-11-6-7-13(17)12-4-2-8-18-15(11)12/h2-9,20H,10H2,1H3. The van der Waals surface area contributed by atoms with Crippen LogP contribution in [-0.4, -0.2) is 17.1 Å². The molecular weight excluding hydrogens is 286 g/mol. The predicted octanol–water partition coefficient (Wildman–Crippen LogP) is 3.90. The summed E-state index contributed by atoms with van der Waals surface area (Å²) in [5.41, 5.74) is 2.82. The van der Waals surface area contributed by atoms with Crippen molar-refractivity contribution in [1.82, 2.24) is 9.97 Å². The molecule has 3 rings (SSSR count). The van der Waals surface area contributed by atoms with E-state index in [4.69, 9.17) is 16.3 Å². The maximum Gasteiger partial charge on any atom is 0.237 e. The lowest BCUT2D eigenvalue weighted by Crippen LogP contribution is -2.03. The summed E-state index contributed by atoms with van der Waals surface area (Å²) >= 11 is 6.20. The number of ether oxygens (including phenoxy) is 1. The number of nitrogens with one attached hydrogen (secondary N) is 1. The zero-order valence-electron chi connectivity index (χ0n) is 11.5. The van der Waals surface area contributed by atoms with Crippen molar-refractivity contribution in [2.45, 2.75) is 6.54 Å². The number of hydrogen-bond acceptors (Lipinski definition) is 4. The average Bonchev–Trinajstić information content (AvgIpc) is 2.55. The number of pyridine rings is 2. The van der Waals surface area contributed by atoms with Gasteiger partial charge in [0.2, 0.25) is 5.88 Å². The second-order valence-corrected chi connectivity index (χ2v) is 4.93. The lowest BCUT2D eigenvalue weighted by Gasteiger charge is -2.11. The molecule has 0 amide bonds. The number of benzene rings is 1. The predicted molar refractivity (Wildman–Crippen MR) is 84.9 cm³/mol. The fraction of sp³-hybridized carbons (Fsp3) is 0.125. The van der Waals surface area contributed by atoms with Crippen LogP contribution in [0.1, 0.15) is 5.56 Å². The van der Waals surface area contributed by atoms with Crippen molar-refractivity contribution in [2.75, 3.05) is 12.4 Å². The number of nitrogens with zero attached hydrogens (tertiary/aromatic N) is 2. The fourth-order valence-electron chi connectivity index (χ4n) is 2.22. The zero-order valence-corrected chi connectivity index (χ0v) is 12.3. The first kappa shape index (κ1) is 13.6. The molecule has 0 aliphatic carbocycles. The first-order valence-corrected chi connectivity index (χ1v) is 6.92. The summed E-state index contributed by atoms with van der Waals surface area (Å²) in [6.45, 7) is 0.618. The van der Waals surface area contributed by atoms with Crippen LogP contribution in [0.2, 0.25) is 5.02 Å². The van der Waals surface area contributed by atoms with E-state index >= 15 is 0 Å². The van der Waals surface area contributed by atoms with Gasteiger partial charge in [-0.25, -0.2) is 4.98 Å². The molecule has 2 aromatic heterocycles. The Bertz CT molecular complexity index is 776. The van der Waals surface area contributed by atoms with Crippen molar-refractivity contribution >= 4 is 28.2 Å². The monoisotopic (exact) mass is 299 g/mol. The van der Waals surface area contributed by atoms with Gasteiger partial charge in [0, 0.05) is 29.3 Å². The molecule has 1 N–H and O–H groups in total. The van der Waals surface area contributed by atoms with E-state index in [1.807, 2.05) is 36.4 Å². The molecule has 2 heterocycles. The Morgan fingerprint density at radius 3 is 2.76 bits per heavy atom. The molecule has 4 nitrogen and oxygen atoms in total. The van der Waals surface area contributed by atoms with Crippen molar-refractivity contribution < 1.29 is 4.74 Å². The number of fused-ring (bicyclic) bond motifs is 1. The molecule has 5 heteroatoms. The van der Waals surface area contributed by atoms with Crippen LogP contribution in [-0.2, 0) is 6.54 Å². The van der Waals surface area contributed by atoms with Crippen molar-refractivity contribution in [3.63, 3.8) is 0 Å². The van der Waals surface area contributed by atoms with E-state index < -0.39 is 0 Å². The minimum absolute atomic E-state index is 0.573. The molecule has 21 heavy (non-hydrogen) atoms. The van der Waals surface area contributed by atoms with Crippen molar-refractivity contribution in [2.24, 2.45) is 0 Å². The molecule has 0 spiro atoms. The summed E-state index contributed by atoms with van der Waals surface area (Å²) in [5, 5.41) is 4.99. The molecule has 106 valence electrons. The van der Waals surface area contributed by atoms with Crippen LogP contribution in [0.15, 0.2) is 48.8 Å². The first-order valence-electron chi connectivity index (χ1n) is 6.54. The van der Waals surface area contributed by atoms with E-state index in [0.29, 0.717) is 17.4 Å². The minimum atomic E-state index is 0.573. The van der Waals surface area contributed by atoms with Crippen LogP contribution in [0, 0.1) is 0 Å². The normalized spacial score (nSPS) is 10.6. The highest BCUT2D eigenvalue weighted by Crippen LogP contribution is 2.26. The third kappa shape index (κ3) is 2.76. The Morgan fingerprint density at radius 2 is 1.90 bits per heavy atom. The van der Waals surface area contributed by atoms with Crippen LogP contribution in [0.5, 0.6) is 5.88 Å². The summed E-state index contributed by atoms with van der Waals surface area (Å²) in [6, 6.07) is 11.5. The third-order valence-electron chi connectivity index (χ3n) is 3.23. The summed E-state index contributed by atoms with van der Waals surface area (Å²) in [5.74, 6) is 0.573. The first-order chi connectivity index (χ1) is 10.3. The lowest BCUT2D eigenvalue weighted by atomic mass is 10.1. The molecule has 0 saturated carbocycles. The van der Waals surface area contributed by atoms with Crippen molar-refractivity contribution in [3.05, 3.63) is 59.4 Å². The largest absolute Gasteiger partial charge is 0.480 e. The third-order valence-corrected chi connectivity index (χ3v) is 3.56. The van der Waals surface area contributed by atoms with Crippen LogP contribution in [0.4, 0.5) is 5.69 Å². The molecule has 3 aromatic rings. The Kier molecular flexibility index (Phi) is 3.88. The minimum Gasteiger partial charge on any atom is -0.480 e. The highest BCUT2D eigenvalue weighted by molar-refractivity contribution is 6.35. The summed E-state index contributed by atoms with van der Waals surface area (Å²) in [7, 11) is 1.60. The molecule has 0 aliphatic rings. The van der Waals surface area contributed by atoms with E-state index in [2.05, 4.69) is 15.3 Å². The van der Waals surface area contributed by atoms with E-state index in [1.165, 1.54) is 0 Å². The Morgan fingerprint density at radius 1 is 1.10 bits per heavy atom. The van der Waals surface area contributed by atoms with E-state index in [0.717, 1.165) is 22.2 Å². The molecule has 0 radical (unpaired) electrons. The van der Waals surface area contributed by atoms with Gasteiger partial charge < -0.3 is 10.1 Å². The molecule has 0 atom stereocenters. The average molecular weight is 300 g/mol. The summed E-state index contributed by atoms with van der Waals surface area (Å²) in [6.07, 6.45) is 3.47. The molecule has 0 bridgehead atoms. The molecular formula is C16H14ClN3O. The van der Waals surface area contributed by atoms with Gasteiger partial charge in [0.1, 0.15) is 0 Å². The maximum absolute atomic E-state index is 6.20. The van der Waals surface area contributed by atoms with Crippen LogP contribution in [0.25, 0.3) is 10.9 Å². The second-order valence-electron chi connectivity index (χ2n) is 4.52. The lowest BCUT2D eigenvalue weighted by molar-refractivity contribution is 0.399. The van der Waals surface area contributed by atoms with Gasteiger partial charge in [-0.3, -0.25) is 4.98 Å². The molecule has 0 unspecified atom stereocenters. The van der Waals surface area contributed by atoms with Gasteiger partial charge in [0.15, 0.2) is 0 Å². The zero-order chi connectivity index (χ0) is 14.7. The number of methoxy groups -OCH3 is 1. The number of rotatable bonds is 4. The van der Waals surface area contributed by atoms with E-state index in [1.54, 1.807) is 19.5 Å². The van der Waals surface area contributed by atoms with Crippen molar-refractivity contribution in [1.29, 1.82) is 0 Å². The molecule has 0 saturated heterocycles. The number of hydrogen-bond donors (Lipinski definition) is 1. The SMILES string of the molecule is COc1ncccc1NCc1ccc(Cl)c2cccnc12. The summed E-state index contributed by atoms with van der Waals surface area (Å²) in [4.78, 5) is 8.59. The number of halogens is 1. The van der Waals surface area contributed by atoms with Gasteiger partial charge in [-0.1, -0.05) is 17.7 Å². The second kappa shape index (κ2) is 5.97. The highest BCUT2D eigenvalue weighted by Gasteiger charge is 2.07. The quantitative estimate of drug-likeness (QED) is 0.793. The van der Waals surface area contributed by atoms with Crippen LogP contribution in [0.3, 0.4) is 0 Å². The van der Waals surface area contributed by atoms with E-state index in [9.17, 15) is 0 Å². The highest BCUT2D eigenvalue weighted by atomic mass is 35.5. The number of aromatic nitrogens is 2. The van der Waals surface area contributed by atoms with Gasteiger partial charge in [0.25, 0.3) is 0 Å². The van der Waals surface area contributed by atoms with E-state index in [-0.39, 0.29) is 0 Å². The molecule has 1 aromatic carbocycles. The van der Waals surface area contributed by atoms with Gasteiger partial charge in [-0.15, -0.1) is 0 Å². The smallest absolute Gasteiger partial charge is 0.237 e. The summed E-state index contributed by atoms with van der Waals surface area (Å²) < 4.78 is 5.23. The Labute approximate surface area is 127 Å². The fourth-order valence-corrected chi connectivity index (χ4v) is 2.43. The molecule has 0 fully saturated rings.